The molecule has 1 aliphatic rings. The first-order valence-electron chi connectivity index (χ1n) is 5.75. The van der Waals surface area contributed by atoms with Crippen molar-refractivity contribution in [3.8, 4) is 11.8 Å². The Bertz CT molecular complexity index is 458. The van der Waals surface area contributed by atoms with Crippen LogP contribution < -0.4 is 4.74 Å². The van der Waals surface area contributed by atoms with E-state index in [1.165, 1.54) is 11.3 Å². The van der Waals surface area contributed by atoms with Crippen LogP contribution in [-0.2, 0) is 0 Å². The molecule has 2 heterocycles. The summed E-state index contributed by atoms with van der Waals surface area (Å²) in [5, 5.41) is 10.4. The van der Waals surface area contributed by atoms with Gasteiger partial charge in [-0.15, -0.1) is 11.3 Å². The number of nitriles is 1. The molecule has 96 valence electrons. The van der Waals surface area contributed by atoms with E-state index in [1.807, 2.05) is 10.3 Å². The van der Waals surface area contributed by atoms with E-state index in [0.717, 1.165) is 18.8 Å². The summed E-state index contributed by atoms with van der Waals surface area (Å²) < 4.78 is 5.08. The van der Waals surface area contributed by atoms with Crippen molar-refractivity contribution >= 4 is 17.2 Å². The van der Waals surface area contributed by atoms with Gasteiger partial charge in [-0.2, -0.15) is 5.26 Å². The SMILES string of the molecule is COc1csc(C(=O)N2CCN(CC#N)CC2)c1. The molecular formula is C12H15N3O2S. The lowest BCUT2D eigenvalue weighted by Gasteiger charge is -2.33. The highest BCUT2D eigenvalue weighted by Crippen LogP contribution is 2.22. The maximum atomic E-state index is 12.2. The van der Waals surface area contributed by atoms with Gasteiger partial charge < -0.3 is 9.64 Å². The normalized spacial score (nSPS) is 16.3. The molecule has 2 rings (SSSR count). The summed E-state index contributed by atoms with van der Waals surface area (Å²) in [7, 11) is 1.59. The van der Waals surface area contributed by atoms with E-state index in [2.05, 4.69) is 11.0 Å². The maximum absolute atomic E-state index is 12.2. The van der Waals surface area contributed by atoms with E-state index >= 15 is 0 Å². The molecule has 0 N–H and O–H groups in total. The largest absolute Gasteiger partial charge is 0.496 e. The smallest absolute Gasteiger partial charge is 0.264 e. The van der Waals surface area contributed by atoms with Gasteiger partial charge in [0.05, 0.1) is 24.6 Å². The van der Waals surface area contributed by atoms with Crippen molar-refractivity contribution in [1.82, 2.24) is 9.80 Å². The molecule has 0 aliphatic carbocycles. The van der Waals surface area contributed by atoms with Crippen molar-refractivity contribution in [3.63, 3.8) is 0 Å². The van der Waals surface area contributed by atoms with Crippen molar-refractivity contribution in [3.05, 3.63) is 16.3 Å². The average molecular weight is 265 g/mol. The van der Waals surface area contributed by atoms with E-state index in [1.54, 1.807) is 13.2 Å². The molecule has 1 fully saturated rings. The summed E-state index contributed by atoms with van der Waals surface area (Å²) in [6, 6.07) is 3.90. The third-order valence-corrected chi connectivity index (χ3v) is 3.87. The van der Waals surface area contributed by atoms with Crippen LogP contribution in [0.3, 0.4) is 0 Å². The number of thiophene rings is 1. The first kappa shape index (κ1) is 12.9. The standard InChI is InChI=1S/C12H15N3O2S/c1-17-10-8-11(18-9-10)12(16)15-6-4-14(3-2-13)5-7-15/h8-9H,3-7H2,1H3. The summed E-state index contributed by atoms with van der Waals surface area (Å²) in [5.74, 6) is 0.784. The second kappa shape index (κ2) is 5.85. The van der Waals surface area contributed by atoms with Gasteiger partial charge in [-0.3, -0.25) is 9.69 Å². The Hall–Kier alpha value is -1.58. The van der Waals surface area contributed by atoms with Crippen molar-refractivity contribution in [2.45, 2.75) is 0 Å². The molecule has 0 aromatic carbocycles. The van der Waals surface area contributed by atoms with Crippen LogP contribution in [0.5, 0.6) is 5.75 Å². The number of methoxy groups -OCH3 is 1. The van der Waals surface area contributed by atoms with E-state index in [-0.39, 0.29) is 5.91 Å². The fourth-order valence-electron chi connectivity index (χ4n) is 1.90. The van der Waals surface area contributed by atoms with Crippen LogP contribution in [0.2, 0.25) is 0 Å². The fourth-order valence-corrected chi connectivity index (χ4v) is 2.72. The van der Waals surface area contributed by atoms with Crippen LogP contribution >= 0.6 is 11.3 Å². The quantitative estimate of drug-likeness (QED) is 0.766. The molecule has 1 aromatic heterocycles. The van der Waals surface area contributed by atoms with Crippen molar-refractivity contribution in [1.29, 1.82) is 5.26 Å². The molecule has 0 saturated carbocycles. The zero-order valence-electron chi connectivity index (χ0n) is 10.3. The zero-order chi connectivity index (χ0) is 13.0. The van der Waals surface area contributed by atoms with Crippen LogP contribution in [-0.4, -0.2) is 55.5 Å². The molecule has 1 aromatic rings. The maximum Gasteiger partial charge on any atom is 0.264 e. The number of nitrogens with zero attached hydrogens (tertiary/aromatic N) is 3. The highest BCUT2D eigenvalue weighted by atomic mass is 32.1. The molecule has 5 nitrogen and oxygen atoms in total. The molecule has 0 bridgehead atoms. The van der Waals surface area contributed by atoms with Gasteiger partial charge in [0.15, 0.2) is 0 Å². The Morgan fingerprint density at radius 3 is 2.78 bits per heavy atom. The first-order valence-corrected chi connectivity index (χ1v) is 6.63. The van der Waals surface area contributed by atoms with Crippen molar-refractivity contribution < 1.29 is 9.53 Å². The molecule has 18 heavy (non-hydrogen) atoms. The number of hydrogen-bond acceptors (Lipinski definition) is 5. The topological polar surface area (TPSA) is 56.6 Å². The number of carbonyl (C=O) groups excluding carboxylic acids is 1. The predicted molar refractivity (Wildman–Crippen MR) is 68.8 cm³/mol. The summed E-state index contributed by atoms with van der Waals surface area (Å²) >= 11 is 1.40. The van der Waals surface area contributed by atoms with Crippen LogP contribution in [0, 0.1) is 11.3 Å². The molecule has 0 radical (unpaired) electrons. The minimum absolute atomic E-state index is 0.0555. The first-order chi connectivity index (χ1) is 8.74. The van der Waals surface area contributed by atoms with Crippen LogP contribution in [0.25, 0.3) is 0 Å². The molecule has 0 unspecified atom stereocenters. The second-order valence-corrected chi connectivity index (χ2v) is 4.99. The monoisotopic (exact) mass is 265 g/mol. The third kappa shape index (κ3) is 2.81. The Morgan fingerprint density at radius 1 is 1.50 bits per heavy atom. The highest BCUT2D eigenvalue weighted by molar-refractivity contribution is 7.12. The van der Waals surface area contributed by atoms with Gasteiger partial charge in [0, 0.05) is 37.6 Å². The van der Waals surface area contributed by atoms with Crippen LogP contribution in [0.4, 0.5) is 0 Å². The number of carbonyl (C=O) groups is 1. The molecule has 1 aliphatic heterocycles. The lowest BCUT2D eigenvalue weighted by atomic mass is 10.3. The Labute approximate surface area is 110 Å². The van der Waals surface area contributed by atoms with Crippen molar-refractivity contribution in [2.24, 2.45) is 0 Å². The van der Waals surface area contributed by atoms with Crippen molar-refractivity contribution in [2.75, 3.05) is 39.8 Å². The van der Waals surface area contributed by atoms with Gasteiger partial charge in [0.25, 0.3) is 5.91 Å². The van der Waals surface area contributed by atoms with Crippen LogP contribution in [0.15, 0.2) is 11.4 Å². The molecular weight excluding hydrogens is 250 g/mol. The molecule has 0 atom stereocenters. The number of piperazine rings is 1. The predicted octanol–water partition coefficient (Wildman–Crippen LogP) is 1.04. The van der Waals surface area contributed by atoms with E-state index in [9.17, 15) is 4.79 Å². The summed E-state index contributed by atoms with van der Waals surface area (Å²) in [6.07, 6.45) is 0. The van der Waals surface area contributed by atoms with E-state index in [4.69, 9.17) is 10.00 Å². The number of ether oxygens (including phenoxy) is 1. The summed E-state index contributed by atoms with van der Waals surface area (Å²) in [6.45, 7) is 3.33. The van der Waals surface area contributed by atoms with Crippen LogP contribution in [0.1, 0.15) is 9.67 Å². The number of rotatable bonds is 3. The van der Waals surface area contributed by atoms with Gasteiger partial charge in [-0.05, 0) is 0 Å². The zero-order valence-corrected chi connectivity index (χ0v) is 11.1. The minimum atomic E-state index is 0.0555. The Morgan fingerprint density at radius 2 is 2.22 bits per heavy atom. The second-order valence-electron chi connectivity index (χ2n) is 4.08. The average Bonchev–Trinajstić information content (AvgIpc) is 2.88. The number of amides is 1. The lowest BCUT2D eigenvalue weighted by Crippen LogP contribution is -2.48. The Kier molecular flexibility index (Phi) is 4.18. The van der Waals surface area contributed by atoms with Gasteiger partial charge in [-0.1, -0.05) is 0 Å². The Balaban J connectivity index is 1.93. The van der Waals surface area contributed by atoms with Gasteiger partial charge in [0.1, 0.15) is 5.75 Å². The number of hydrogen-bond donors (Lipinski definition) is 0. The highest BCUT2D eigenvalue weighted by Gasteiger charge is 2.22. The lowest BCUT2D eigenvalue weighted by molar-refractivity contribution is 0.0656. The van der Waals surface area contributed by atoms with E-state index in [0.29, 0.717) is 24.5 Å². The van der Waals surface area contributed by atoms with Gasteiger partial charge in [-0.25, -0.2) is 0 Å². The minimum Gasteiger partial charge on any atom is -0.496 e. The summed E-state index contributed by atoms with van der Waals surface area (Å²) in [5.41, 5.74) is 0. The van der Waals surface area contributed by atoms with Gasteiger partial charge in [0.2, 0.25) is 0 Å². The molecule has 6 heteroatoms. The summed E-state index contributed by atoms with van der Waals surface area (Å²) in [4.78, 5) is 16.8. The molecule has 0 spiro atoms. The molecule has 1 saturated heterocycles. The molecule has 1 amide bonds. The van der Waals surface area contributed by atoms with E-state index < -0.39 is 0 Å². The van der Waals surface area contributed by atoms with Gasteiger partial charge >= 0.3 is 0 Å². The third-order valence-electron chi connectivity index (χ3n) is 2.98. The fraction of sp³-hybridized carbons (Fsp3) is 0.500.